The highest BCUT2D eigenvalue weighted by atomic mass is 16.6. The minimum Gasteiger partial charge on any atom is -0.258 e. The highest BCUT2D eigenvalue weighted by molar-refractivity contribution is 5.62. The number of rotatable bonds is 3. The average Bonchev–Trinajstić information content (AvgIpc) is 2.56. The normalized spacial score (nSPS) is 10.3. The van der Waals surface area contributed by atoms with Gasteiger partial charge in [0, 0.05) is 23.3 Å². The molecule has 3 rings (SSSR count). The molecule has 1 aromatic heterocycles. The van der Waals surface area contributed by atoms with Crippen molar-refractivity contribution in [2.45, 2.75) is 0 Å². The topological polar surface area (TPSA) is 81.8 Å². The number of hydrogen-bond donors (Lipinski definition) is 0. The summed E-state index contributed by atoms with van der Waals surface area (Å²) in [5, 5.41) is 18.9. The summed E-state index contributed by atoms with van der Waals surface area (Å²) in [5.74, 6) is 0.518. The standard InChI is InChI=1S/C15H10N4O2/c20-19(21)13-8-4-7-12(9-13)14-10-16-15(18-17-14)11-5-2-1-3-6-11/h1-10H. The van der Waals surface area contributed by atoms with Gasteiger partial charge in [-0.3, -0.25) is 10.1 Å². The molecule has 0 saturated heterocycles. The molecule has 0 spiro atoms. The van der Waals surface area contributed by atoms with Crippen LogP contribution in [0.25, 0.3) is 22.6 Å². The Morgan fingerprint density at radius 2 is 1.67 bits per heavy atom. The monoisotopic (exact) mass is 278 g/mol. The van der Waals surface area contributed by atoms with E-state index in [1.165, 1.54) is 12.1 Å². The molecule has 0 bridgehead atoms. The first kappa shape index (κ1) is 12.9. The second-order valence-electron chi connectivity index (χ2n) is 4.34. The molecule has 21 heavy (non-hydrogen) atoms. The summed E-state index contributed by atoms with van der Waals surface area (Å²) in [7, 11) is 0. The fraction of sp³-hybridized carbons (Fsp3) is 0. The van der Waals surface area contributed by atoms with Crippen molar-refractivity contribution in [1.29, 1.82) is 0 Å². The first-order valence-corrected chi connectivity index (χ1v) is 6.24. The van der Waals surface area contributed by atoms with E-state index in [1.54, 1.807) is 18.3 Å². The minimum absolute atomic E-state index is 0.0152. The van der Waals surface area contributed by atoms with Crippen molar-refractivity contribution in [1.82, 2.24) is 15.2 Å². The molecule has 0 aliphatic rings. The van der Waals surface area contributed by atoms with Gasteiger partial charge in [0.2, 0.25) is 0 Å². The lowest BCUT2D eigenvalue weighted by Crippen LogP contribution is -1.95. The van der Waals surface area contributed by atoms with Crippen molar-refractivity contribution >= 4 is 5.69 Å². The summed E-state index contributed by atoms with van der Waals surface area (Å²) in [6.45, 7) is 0. The van der Waals surface area contributed by atoms with Crippen molar-refractivity contribution in [2.24, 2.45) is 0 Å². The van der Waals surface area contributed by atoms with Crippen molar-refractivity contribution < 1.29 is 4.92 Å². The third-order valence-electron chi connectivity index (χ3n) is 2.95. The fourth-order valence-electron chi connectivity index (χ4n) is 1.91. The summed E-state index contributed by atoms with van der Waals surface area (Å²) in [6.07, 6.45) is 1.56. The molecule has 0 aliphatic carbocycles. The lowest BCUT2D eigenvalue weighted by molar-refractivity contribution is -0.384. The Labute approximate surface area is 120 Å². The Morgan fingerprint density at radius 1 is 0.905 bits per heavy atom. The maximum Gasteiger partial charge on any atom is 0.270 e. The van der Waals surface area contributed by atoms with Crippen molar-refractivity contribution in [3.05, 3.63) is 70.9 Å². The molecule has 0 aliphatic heterocycles. The van der Waals surface area contributed by atoms with E-state index in [9.17, 15) is 10.1 Å². The van der Waals surface area contributed by atoms with Crippen LogP contribution in [0.2, 0.25) is 0 Å². The predicted octanol–water partition coefficient (Wildman–Crippen LogP) is 3.11. The van der Waals surface area contributed by atoms with Crippen LogP contribution in [0.4, 0.5) is 5.69 Å². The number of aromatic nitrogens is 3. The smallest absolute Gasteiger partial charge is 0.258 e. The van der Waals surface area contributed by atoms with Gasteiger partial charge in [0.15, 0.2) is 5.82 Å². The Morgan fingerprint density at radius 3 is 2.33 bits per heavy atom. The fourth-order valence-corrected chi connectivity index (χ4v) is 1.91. The molecule has 1 heterocycles. The van der Waals surface area contributed by atoms with E-state index in [0.29, 0.717) is 17.1 Å². The van der Waals surface area contributed by atoms with E-state index in [1.807, 2.05) is 30.3 Å². The number of nitro groups is 1. The minimum atomic E-state index is -0.442. The highest BCUT2D eigenvalue weighted by Crippen LogP contribution is 2.22. The van der Waals surface area contributed by atoms with Gasteiger partial charge >= 0.3 is 0 Å². The van der Waals surface area contributed by atoms with Crippen LogP contribution in [0.3, 0.4) is 0 Å². The lowest BCUT2D eigenvalue weighted by atomic mass is 10.1. The number of nitrogens with zero attached hydrogens (tertiary/aromatic N) is 4. The predicted molar refractivity (Wildman–Crippen MR) is 77.4 cm³/mol. The summed E-state index contributed by atoms with van der Waals surface area (Å²) < 4.78 is 0. The van der Waals surface area contributed by atoms with E-state index < -0.39 is 4.92 Å². The highest BCUT2D eigenvalue weighted by Gasteiger charge is 2.09. The summed E-state index contributed by atoms with van der Waals surface area (Å²) in [6, 6.07) is 15.7. The third-order valence-corrected chi connectivity index (χ3v) is 2.95. The Balaban J connectivity index is 1.94. The molecular weight excluding hydrogens is 268 g/mol. The van der Waals surface area contributed by atoms with E-state index >= 15 is 0 Å². The van der Waals surface area contributed by atoms with Crippen LogP contribution in [0.1, 0.15) is 0 Å². The van der Waals surface area contributed by atoms with Gasteiger partial charge in [0.1, 0.15) is 5.69 Å². The molecule has 0 unspecified atom stereocenters. The van der Waals surface area contributed by atoms with E-state index in [0.717, 1.165) is 5.56 Å². The molecule has 6 heteroatoms. The van der Waals surface area contributed by atoms with Gasteiger partial charge < -0.3 is 0 Å². The number of nitro benzene ring substituents is 1. The molecule has 0 fully saturated rings. The molecule has 0 atom stereocenters. The van der Waals surface area contributed by atoms with Crippen molar-refractivity contribution in [3.8, 4) is 22.6 Å². The zero-order valence-electron chi connectivity index (χ0n) is 10.9. The zero-order chi connectivity index (χ0) is 14.7. The molecule has 0 amide bonds. The van der Waals surface area contributed by atoms with Crippen LogP contribution >= 0.6 is 0 Å². The van der Waals surface area contributed by atoms with Gasteiger partial charge in [-0.1, -0.05) is 42.5 Å². The van der Waals surface area contributed by atoms with Crippen LogP contribution < -0.4 is 0 Å². The maximum absolute atomic E-state index is 10.8. The summed E-state index contributed by atoms with van der Waals surface area (Å²) in [4.78, 5) is 14.6. The molecule has 0 saturated carbocycles. The van der Waals surface area contributed by atoms with E-state index in [-0.39, 0.29) is 5.69 Å². The van der Waals surface area contributed by atoms with Crippen LogP contribution in [0.15, 0.2) is 60.8 Å². The van der Waals surface area contributed by atoms with Crippen LogP contribution in [0, 0.1) is 10.1 Å². The number of hydrogen-bond acceptors (Lipinski definition) is 5. The second kappa shape index (κ2) is 5.46. The van der Waals surface area contributed by atoms with E-state index in [2.05, 4.69) is 15.2 Å². The maximum atomic E-state index is 10.8. The van der Waals surface area contributed by atoms with Gasteiger partial charge in [-0.2, -0.15) is 0 Å². The third kappa shape index (κ3) is 2.74. The molecule has 0 N–H and O–H groups in total. The molecular formula is C15H10N4O2. The molecule has 102 valence electrons. The first-order chi connectivity index (χ1) is 10.2. The van der Waals surface area contributed by atoms with Gasteiger partial charge in [0.25, 0.3) is 5.69 Å². The molecule has 6 nitrogen and oxygen atoms in total. The Kier molecular flexibility index (Phi) is 3.34. The largest absolute Gasteiger partial charge is 0.270 e. The average molecular weight is 278 g/mol. The van der Waals surface area contributed by atoms with Gasteiger partial charge in [-0.05, 0) is 0 Å². The van der Waals surface area contributed by atoms with Gasteiger partial charge in [-0.15, -0.1) is 10.2 Å². The SMILES string of the molecule is O=[N+]([O-])c1cccc(-c2cnc(-c3ccccc3)nn2)c1. The number of non-ortho nitro benzene ring substituents is 1. The summed E-state index contributed by atoms with van der Waals surface area (Å²) >= 11 is 0. The van der Waals surface area contributed by atoms with Crippen LogP contribution in [-0.4, -0.2) is 20.1 Å². The lowest BCUT2D eigenvalue weighted by Gasteiger charge is -2.02. The van der Waals surface area contributed by atoms with Crippen molar-refractivity contribution in [2.75, 3.05) is 0 Å². The molecule has 0 radical (unpaired) electrons. The van der Waals surface area contributed by atoms with Crippen molar-refractivity contribution in [3.63, 3.8) is 0 Å². The Bertz CT molecular complexity index is 773. The first-order valence-electron chi connectivity index (χ1n) is 6.24. The zero-order valence-corrected chi connectivity index (χ0v) is 10.9. The second-order valence-corrected chi connectivity index (χ2v) is 4.34. The number of benzene rings is 2. The molecule has 2 aromatic carbocycles. The van der Waals surface area contributed by atoms with Gasteiger partial charge in [-0.25, -0.2) is 4.98 Å². The van der Waals surface area contributed by atoms with Crippen LogP contribution in [-0.2, 0) is 0 Å². The van der Waals surface area contributed by atoms with E-state index in [4.69, 9.17) is 0 Å². The van der Waals surface area contributed by atoms with Gasteiger partial charge in [0.05, 0.1) is 11.1 Å². The van der Waals surface area contributed by atoms with Crippen LogP contribution in [0.5, 0.6) is 0 Å². The quantitative estimate of drug-likeness (QED) is 0.543. The Hall–Kier alpha value is -3.15. The summed E-state index contributed by atoms with van der Waals surface area (Å²) in [5.41, 5.74) is 2.00. The molecule has 3 aromatic rings.